The zero-order valence-corrected chi connectivity index (χ0v) is 23.3. The molecule has 0 aliphatic carbocycles. The lowest BCUT2D eigenvalue weighted by Crippen LogP contribution is -2.68. The minimum absolute atomic E-state index is 0.0565. The van der Waals surface area contributed by atoms with Crippen molar-refractivity contribution in [2.24, 2.45) is 0 Å². The largest absolute Gasteiger partial charge is 0.463 e. The standard InChI is InChI=1S/C30H29NO11/c1-16(32)38-15-22-26(39-17(2)33)27(40-18(3)34)25(30(42-22)41-19(4)35)31-28(36)23(20-11-7-5-8-12-20)24(29(31)37)21-13-9-6-10-14-21/h5-14,22,25-27,30H,15H2,1-4H3/t22-,25-,26-,27-,30-/m1/s1. The van der Waals surface area contributed by atoms with Gasteiger partial charge in [0.2, 0.25) is 6.29 Å². The highest BCUT2D eigenvalue weighted by Gasteiger charge is 2.58. The Labute approximate surface area is 241 Å². The van der Waals surface area contributed by atoms with Gasteiger partial charge < -0.3 is 23.7 Å². The fourth-order valence-electron chi connectivity index (χ4n) is 4.98. The molecule has 42 heavy (non-hydrogen) atoms. The highest BCUT2D eigenvalue weighted by atomic mass is 16.7. The number of ether oxygens (including phenoxy) is 5. The molecule has 0 radical (unpaired) electrons. The van der Waals surface area contributed by atoms with Gasteiger partial charge in [-0.15, -0.1) is 0 Å². The van der Waals surface area contributed by atoms with Crippen molar-refractivity contribution in [3.8, 4) is 0 Å². The minimum Gasteiger partial charge on any atom is -0.463 e. The van der Waals surface area contributed by atoms with Crippen LogP contribution in [0, 0.1) is 0 Å². The van der Waals surface area contributed by atoms with Gasteiger partial charge >= 0.3 is 23.9 Å². The van der Waals surface area contributed by atoms with Gasteiger partial charge in [-0.3, -0.25) is 33.7 Å². The molecule has 2 aromatic carbocycles. The molecule has 2 aromatic rings. The van der Waals surface area contributed by atoms with Gasteiger partial charge in [0.1, 0.15) is 18.8 Å². The predicted molar refractivity (Wildman–Crippen MR) is 144 cm³/mol. The summed E-state index contributed by atoms with van der Waals surface area (Å²) in [6, 6.07) is 15.4. The Morgan fingerprint density at radius 2 is 1.12 bits per heavy atom. The normalized spacial score (nSPS) is 23.8. The van der Waals surface area contributed by atoms with Crippen molar-refractivity contribution in [2.45, 2.75) is 58.3 Å². The molecule has 0 aromatic heterocycles. The lowest BCUT2D eigenvalue weighted by atomic mass is 9.94. The van der Waals surface area contributed by atoms with Gasteiger partial charge in [0.05, 0.1) is 11.1 Å². The zero-order valence-electron chi connectivity index (χ0n) is 23.3. The molecule has 12 nitrogen and oxygen atoms in total. The Bertz CT molecular complexity index is 1360. The summed E-state index contributed by atoms with van der Waals surface area (Å²) in [5, 5.41) is 0. The van der Waals surface area contributed by atoms with Crippen molar-refractivity contribution in [3.05, 3.63) is 71.8 Å². The second kappa shape index (κ2) is 12.8. The lowest BCUT2D eigenvalue weighted by Gasteiger charge is -2.46. The summed E-state index contributed by atoms with van der Waals surface area (Å²) >= 11 is 0. The lowest BCUT2D eigenvalue weighted by molar-refractivity contribution is -0.281. The third-order valence-corrected chi connectivity index (χ3v) is 6.49. The summed E-state index contributed by atoms with van der Waals surface area (Å²) in [4.78, 5) is 77.5. The van der Waals surface area contributed by atoms with Crippen LogP contribution in [0.4, 0.5) is 0 Å². The van der Waals surface area contributed by atoms with Gasteiger partial charge in [-0.05, 0) is 11.1 Å². The number of hydrogen-bond acceptors (Lipinski definition) is 11. The van der Waals surface area contributed by atoms with Crippen molar-refractivity contribution in [1.29, 1.82) is 0 Å². The second-order valence-corrected chi connectivity index (χ2v) is 9.56. The van der Waals surface area contributed by atoms with Gasteiger partial charge in [0.25, 0.3) is 11.8 Å². The maximum Gasteiger partial charge on any atom is 0.305 e. The van der Waals surface area contributed by atoms with E-state index in [9.17, 15) is 28.8 Å². The van der Waals surface area contributed by atoms with E-state index in [4.69, 9.17) is 23.7 Å². The van der Waals surface area contributed by atoms with Crippen molar-refractivity contribution in [1.82, 2.24) is 4.90 Å². The van der Waals surface area contributed by atoms with E-state index in [0.29, 0.717) is 11.1 Å². The van der Waals surface area contributed by atoms with Crippen LogP contribution in [0.3, 0.4) is 0 Å². The summed E-state index contributed by atoms with van der Waals surface area (Å²) in [5.41, 5.74) is 0.986. The smallest absolute Gasteiger partial charge is 0.305 e. The van der Waals surface area contributed by atoms with Crippen LogP contribution in [-0.4, -0.2) is 77.8 Å². The molecule has 0 unspecified atom stereocenters. The highest BCUT2D eigenvalue weighted by Crippen LogP contribution is 2.41. The Hall–Kier alpha value is -4.84. The SMILES string of the molecule is CC(=O)OC[C@H]1O[C@@H](OC(C)=O)[C@H](N2C(=O)C(c3ccccc3)=C(c3ccccc3)C2=O)[C@@H](OC(C)=O)[C@@H]1OC(C)=O. The average Bonchev–Trinajstić information content (AvgIpc) is 3.18. The number of hydrogen-bond donors (Lipinski definition) is 0. The molecule has 1 saturated heterocycles. The summed E-state index contributed by atoms with van der Waals surface area (Å²) < 4.78 is 27.4. The summed E-state index contributed by atoms with van der Waals surface area (Å²) in [7, 11) is 0. The van der Waals surface area contributed by atoms with Crippen LogP contribution in [0.2, 0.25) is 0 Å². The monoisotopic (exact) mass is 579 g/mol. The van der Waals surface area contributed by atoms with E-state index in [-0.39, 0.29) is 11.1 Å². The molecule has 5 atom stereocenters. The molecule has 2 heterocycles. The molecule has 0 saturated carbocycles. The topological polar surface area (TPSA) is 152 Å². The van der Waals surface area contributed by atoms with Crippen LogP contribution in [0.1, 0.15) is 38.8 Å². The predicted octanol–water partition coefficient (Wildman–Crippen LogP) is 2.05. The van der Waals surface area contributed by atoms with E-state index in [0.717, 1.165) is 32.6 Å². The van der Waals surface area contributed by atoms with Gasteiger partial charge in [-0.1, -0.05) is 60.7 Å². The molecule has 0 spiro atoms. The van der Waals surface area contributed by atoms with Crippen LogP contribution in [0.5, 0.6) is 0 Å². The van der Waals surface area contributed by atoms with Gasteiger partial charge in [-0.2, -0.15) is 0 Å². The second-order valence-electron chi connectivity index (χ2n) is 9.56. The number of nitrogens with zero attached hydrogens (tertiary/aromatic N) is 1. The van der Waals surface area contributed by atoms with Crippen molar-refractivity contribution >= 4 is 46.8 Å². The first-order valence-electron chi connectivity index (χ1n) is 13.0. The number of amides is 2. The van der Waals surface area contributed by atoms with Crippen molar-refractivity contribution < 1.29 is 52.5 Å². The number of carbonyl (C=O) groups excluding carboxylic acids is 6. The Morgan fingerprint density at radius 3 is 1.55 bits per heavy atom. The minimum atomic E-state index is -1.70. The molecule has 1 fully saturated rings. The van der Waals surface area contributed by atoms with Crippen LogP contribution in [0.15, 0.2) is 60.7 Å². The molecule has 0 bridgehead atoms. The quantitative estimate of drug-likeness (QED) is 0.257. The third kappa shape index (κ3) is 6.39. The molecule has 2 amide bonds. The molecular formula is C30H29NO11. The van der Waals surface area contributed by atoms with Crippen molar-refractivity contribution in [3.63, 3.8) is 0 Å². The fourth-order valence-corrected chi connectivity index (χ4v) is 4.98. The number of imide groups is 1. The first-order valence-corrected chi connectivity index (χ1v) is 13.0. The van der Waals surface area contributed by atoms with Crippen LogP contribution in [0.25, 0.3) is 11.1 Å². The van der Waals surface area contributed by atoms with Gasteiger partial charge in [0.15, 0.2) is 12.2 Å². The number of carbonyl (C=O) groups is 6. The molecule has 4 rings (SSSR count). The number of benzene rings is 2. The average molecular weight is 580 g/mol. The van der Waals surface area contributed by atoms with Crippen LogP contribution >= 0.6 is 0 Å². The highest BCUT2D eigenvalue weighted by molar-refractivity contribution is 6.49. The zero-order chi connectivity index (χ0) is 30.6. The molecule has 2 aliphatic rings. The first kappa shape index (κ1) is 30.1. The number of rotatable bonds is 8. The van der Waals surface area contributed by atoms with E-state index >= 15 is 0 Å². The van der Waals surface area contributed by atoms with Crippen LogP contribution < -0.4 is 0 Å². The maximum absolute atomic E-state index is 14.2. The van der Waals surface area contributed by atoms with Gasteiger partial charge in [0, 0.05) is 27.7 Å². The molecule has 220 valence electrons. The Balaban J connectivity index is 1.89. The summed E-state index contributed by atoms with van der Waals surface area (Å²) in [5.74, 6) is -4.77. The number of esters is 4. The van der Waals surface area contributed by atoms with Crippen LogP contribution in [-0.2, 0) is 52.5 Å². The fraction of sp³-hybridized carbons (Fsp3) is 0.333. The van der Waals surface area contributed by atoms with Gasteiger partial charge in [-0.25, -0.2) is 0 Å². The maximum atomic E-state index is 14.2. The molecular weight excluding hydrogens is 550 g/mol. The van der Waals surface area contributed by atoms with E-state index in [1.54, 1.807) is 60.7 Å². The first-order chi connectivity index (χ1) is 20.0. The molecule has 0 N–H and O–H groups in total. The van der Waals surface area contributed by atoms with E-state index in [1.165, 1.54) is 0 Å². The summed E-state index contributed by atoms with van der Waals surface area (Å²) in [6.07, 6.45) is -6.04. The Kier molecular flexibility index (Phi) is 9.16. The third-order valence-electron chi connectivity index (χ3n) is 6.49. The van der Waals surface area contributed by atoms with E-state index < -0.39 is 72.9 Å². The van der Waals surface area contributed by atoms with E-state index in [1.807, 2.05) is 0 Å². The van der Waals surface area contributed by atoms with Crippen molar-refractivity contribution in [2.75, 3.05) is 6.61 Å². The Morgan fingerprint density at radius 1 is 0.667 bits per heavy atom. The molecule has 2 aliphatic heterocycles. The van der Waals surface area contributed by atoms with E-state index in [2.05, 4.69) is 0 Å². The molecule has 12 heteroatoms. The summed E-state index contributed by atoms with van der Waals surface area (Å²) in [6.45, 7) is 3.91.